The molecule has 0 aliphatic carbocycles. The Balaban J connectivity index is 2.23. The van der Waals surface area contributed by atoms with E-state index in [1.54, 1.807) is 19.3 Å². The minimum atomic E-state index is -0.227. The Morgan fingerprint density at radius 1 is 1.18 bits per heavy atom. The van der Waals surface area contributed by atoms with E-state index < -0.39 is 0 Å². The van der Waals surface area contributed by atoms with Crippen LogP contribution < -0.4 is 4.90 Å². The molecule has 0 saturated heterocycles. The first kappa shape index (κ1) is 11.2. The number of amides is 1. The van der Waals surface area contributed by atoms with Crippen molar-refractivity contribution in [2.45, 2.75) is 6.92 Å². The number of anilines is 1. The fourth-order valence-corrected chi connectivity index (χ4v) is 1.34. The molecule has 2 aromatic heterocycles. The predicted octanol–water partition coefficient (Wildman–Crippen LogP) is 1.46. The van der Waals surface area contributed by atoms with Crippen molar-refractivity contribution < 1.29 is 4.79 Å². The largest absolute Gasteiger partial charge is 0.294 e. The fraction of sp³-hybridized carbons (Fsp3) is 0.167. The van der Waals surface area contributed by atoms with E-state index in [1.165, 1.54) is 23.5 Å². The highest BCUT2D eigenvalue weighted by Gasteiger charge is 2.15. The van der Waals surface area contributed by atoms with Crippen LogP contribution in [0.15, 0.2) is 36.9 Å². The van der Waals surface area contributed by atoms with Crippen molar-refractivity contribution in [2.75, 3.05) is 11.9 Å². The minimum absolute atomic E-state index is 0.227. The summed E-state index contributed by atoms with van der Waals surface area (Å²) >= 11 is 0. The van der Waals surface area contributed by atoms with Crippen LogP contribution in [0.5, 0.6) is 0 Å². The van der Waals surface area contributed by atoms with Crippen molar-refractivity contribution in [1.29, 1.82) is 0 Å². The second-order valence-corrected chi connectivity index (χ2v) is 3.65. The maximum absolute atomic E-state index is 12.0. The summed E-state index contributed by atoms with van der Waals surface area (Å²) in [6.45, 7) is 1.95. The van der Waals surface area contributed by atoms with Gasteiger partial charge < -0.3 is 0 Å². The maximum Gasteiger partial charge on any atom is 0.279 e. The van der Waals surface area contributed by atoms with E-state index in [0.717, 1.165) is 5.56 Å². The Kier molecular flexibility index (Phi) is 3.09. The van der Waals surface area contributed by atoms with Gasteiger partial charge in [-0.1, -0.05) is 6.07 Å². The Morgan fingerprint density at radius 2 is 2.00 bits per heavy atom. The molecule has 2 heterocycles. The van der Waals surface area contributed by atoms with Crippen molar-refractivity contribution in [2.24, 2.45) is 0 Å². The van der Waals surface area contributed by atoms with Crippen molar-refractivity contribution in [1.82, 2.24) is 15.0 Å². The maximum atomic E-state index is 12.0. The van der Waals surface area contributed by atoms with E-state index in [4.69, 9.17) is 0 Å². The van der Waals surface area contributed by atoms with Gasteiger partial charge in [0.25, 0.3) is 5.91 Å². The van der Waals surface area contributed by atoms with Crippen LogP contribution in [0.1, 0.15) is 16.1 Å². The van der Waals surface area contributed by atoms with Gasteiger partial charge in [-0.25, -0.2) is 9.97 Å². The summed E-state index contributed by atoms with van der Waals surface area (Å²) < 4.78 is 0. The molecular weight excluding hydrogens is 216 g/mol. The summed E-state index contributed by atoms with van der Waals surface area (Å²) in [5.74, 6) is 0.362. The van der Waals surface area contributed by atoms with Crippen LogP contribution in [0.2, 0.25) is 0 Å². The van der Waals surface area contributed by atoms with E-state index in [1.807, 2.05) is 13.0 Å². The quantitative estimate of drug-likeness (QED) is 0.780. The van der Waals surface area contributed by atoms with Gasteiger partial charge in [-0.2, -0.15) is 0 Å². The fourth-order valence-electron chi connectivity index (χ4n) is 1.34. The lowest BCUT2D eigenvalue weighted by Crippen LogP contribution is -2.27. The first-order chi connectivity index (χ1) is 8.18. The molecule has 86 valence electrons. The molecule has 0 spiro atoms. The molecule has 0 N–H and O–H groups in total. The van der Waals surface area contributed by atoms with Crippen LogP contribution in [-0.2, 0) is 0 Å². The minimum Gasteiger partial charge on any atom is -0.294 e. The highest BCUT2D eigenvalue weighted by molar-refractivity contribution is 6.03. The molecule has 0 unspecified atom stereocenters. The second-order valence-electron chi connectivity index (χ2n) is 3.65. The van der Waals surface area contributed by atoms with E-state index in [0.29, 0.717) is 11.5 Å². The SMILES string of the molecule is Cc1ccc(N(C)C(=O)c2cnccn2)nc1. The number of nitrogens with zero attached hydrogens (tertiary/aromatic N) is 4. The molecule has 5 nitrogen and oxygen atoms in total. The second kappa shape index (κ2) is 4.69. The zero-order chi connectivity index (χ0) is 12.3. The third kappa shape index (κ3) is 2.44. The number of hydrogen-bond acceptors (Lipinski definition) is 4. The van der Waals surface area contributed by atoms with Crippen LogP contribution in [0.25, 0.3) is 0 Å². The molecule has 1 amide bonds. The molecule has 0 bridgehead atoms. The summed E-state index contributed by atoms with van der Waals surface area (Å²) in [6, 6.07) is 3.70. The molecule has 5 heteroatoms. The van der Waals surface area contributed by atoms with Crippen LogP contribution in [0, 0.1) is 6.92 Å². The Bertz CT molecular complexity index is 510. The number of aryl methyl sites for hydroxylation is 1. The highest BCUT2D eigenvalue weighted by Crippen LogP contribution is 2.11. The number of hydrogen-bond donors (Lipinski definition) is 0. The number of aromatic nitrogens is 3. The highest BCUT2D eigenvalue weighted by atomic mass is 16.2. The summed E-state index contributed by atoms with van der Waals surface area (Å²) in [5.41, 5.74) is 1.35. The average molecular weight is 228 g/mol. The lowest BCUT2D eigenvalue weighted by atomic mass is 10.3. The molecule has 0 fully saturated rings. The number of rotatable bonds is 2. The molecule has 0 aliphatic rings. The molecule has 0 aliphatic heterocycles. The normalized spacial score (nSPS) is 10.0. The monoisotopic (exact) mass is 228 g/mol. The first-order valence-corrected chi connectivity index (χ1v) is 5.15. The van der Waals surface area contributed by atoms with Crippen LogP contribution in [0.3, 0.4) is 0 Å². The van der Waals surface area contributed by atoms with E-state index >= 15 is 0 Å². The van der Waals surface area contributed by atoms with Gasteiger partial charge in [-0.15, -0.1) is 0 Å². The van der Waals surface area contributed by atoms with Gasteiger partial charge >= 0.3 is 0 Å². The molecule has 0 aromatic carbocycles. The average Bonchev–Trinajstić information content (AvgIpc) is 2.39. The standard InChI is InChI=1S/C12H12N4O/c1-9-3-4-11(15-7-9)16(2)12(17)10-8-13-5-6-14-10/h3-8H,1-2H3. The zero-order valence-electron chi connectivity index (χ0n) is 9.66. The van der Waals surface area contributed by atoms with Crippen molar-refractivity contribution in [3.05, 3.63) is 48.2 Å². The Labute approximate surface area is 99.2 Å². The Morgan fingerprint density at radius 3 is 2.59 bits per heavy atom. The van der Waals surface area contributed by atoms with Gasteiger partial charge in [0.15, 0.2) is 0 Å². The van der Waals surface area contributed by atoms with Gasteiger partial charge in [0, 0.05) is 25.6 Å². The summed E-state index contributed by atoms with van der Waals surface area (Å²) in [4.78, 5) is 25.5. The first-order valence-electron chi connectivity index (χ1n) is 5.15. The zero-order valence-corrected chi connectivity index (χ0v) is 9.66. The molecule has 0 radical (unpaired) electrons. The van der Waals surface area contributed by atoms with Crippen molar-refractivity contribution in [3.8, 4) is 0 Å². The van der Waals surface area contributed by atoms with Crippen molar-refractivity contribution in [3.63, 3.8) is 0 Å². The van der Waals surface area contributed by atoms with Crippen LogP contribution in [-0.4, -0.2) is 27.9 Å². The molecule has 2 aromatic rings. The Hall–Kier alpha value is -2.30. The lowest BCUT2D eigenvalue weighted by molar-refractivity contribution is 0.0987. The summed E-state index contributed by atoms with van der Waals surface area (Å²) in [5, 5.41) is 0. The van der Waals surface area contributed by atoms with Gasteiger partial charge in [0.05, 0.1) is 6.20 Å². The van der Waals surface area contributed by atoms with E-state index in [2.05, 4.69) is 15.0 Å². The summed E-state index contributed by atoms with van der Waals surface area (Å²) in [6.07, 6.45) is 6.17. The third-order valence-electron chi connectivity index (χ3n) is 2.33. The van der Waals surface area contributed by atoms with Gasteiger partial charge in [0.1, 0.15) is 11.5 Å². The molecular formula is C12H12N4O. The number of carbonyl (C=O) groups is 1. The summed E-state index contributed by atoms with van der Waals surface area (Å²) in [7, 11) is 1.66. The molecule has 17 heavy (non-hydrogen) atoms. The topological polar surface area (TPSA) is 59.0 Å². The van der Waals surface area contributed by atoms with Crippen LogP contribution in [0.4, 0.5) is 5.82 Å². The predicted molar refractivity (Wildman–Crippen MR) is 63.7 cm³/mol. The van der Waals surface area contributed by atoms with Gasteiger partial charge in [-0.3, -0.25) is 14.7 Å². The smallest absolute Gasteiger partial charge is 0.279 e. The van der Waals surface area contributed by atoms with Gasteiger partial charge in [-0.05, 0) is 18.6 Å². The third-order valence-corrected chi connectivity index (χ3v) is 2.33. The number of carbonyl (C=O) groups excluding carboxylic acids is 1. The van der Waals surface area contributed by atoms with E-state index in [9.17, 15) is 4.79 Å². The number of pyridine rings is 1. The molecule has 2 rings (SSSR count). The lowest BCUT2D eigenvalue weighted by Gasteiger charge is -2.15. The molecule has 0 atom stereocenters. The molecule has 0 saturated carbocycles. The van der Waals surface area contributed by atoms with E-state index in [-0.39, 0.29) is 5.91 Å². The van der Waals surface area contributed by atoms with Crippen molar-refractivity contribution >= 4 is 11.7 Å². The van der Waals surface area contributed by atoms with Crippen LogP contribution >= 0.6 is 0 Å². The van der Waals surface area contributed by atoms with Gasteiger partial charge in [0.2, 0.25) is 0 Å².